The van der Waals surface area contributed by atoms with Crippen LogP contribution >= 0.6 is 0 Å². The fraction of sp³-hybridized carbons (Fsp3) is 0.647. The third kappa shape index (κ3) is 4.37. The molecule has 2 rings (SSSR count). The Bertz CT molecular complexity index is 858. The molecule has 0 unspecified atom stereocenters. The maximum Gasteiger partial charge on any atom is 0.329 e. The number of hydrogen-bond acceptors (Lipinski definition) is 5. The molecular weight excluding hydrogens is 320 g/mol. The van der Waals surface area contributed by atoms with Crippen LogP contribution in [0.15, 0.2) is 14.7 Å². The van der Waals surface area contributed by atoms with Gasteiger partial charge in [0, 0.05) is 19.3 Å². The van der Waals surface area contributed by atoms with E-state index in [1.54, 1.807) is 7.05 Å². The third-order valence-electron chi connectivity index (χ3n) is 4.23. The summed E-state index contributed by atoms with van der Waals surface area (Å²) < 4.78 is 3.17. The number of rotatable bonds is 9. The van der Waals surface area contributed by atoms with Gasteiger partial charge in [-0.15, -0.1) is 0 Å². The van der Waals surface area contributed by atoms with Crippen molar-refractivity contribution < 1.29 is 0 Å². The molecule has 0 radical (unpaired) electrons. The van der Waals surface area contributed by atoms with Crippen LogP contribution in [0, 0.1) is 0 Å². The number of hydrogen-bond donors (Lipinski definition) is 2. The van der Waals surface area contributed by atoms with E-state index in [-0.39, 0.29) is 0 Å². The molecule has 0 aliphatic heterocycles. The molecular formula is C17H28N6O2. The summed E-state index contributed by atoms with van der Waals surface area (Å²) in [5.41, 5.74) is 3.86. The first-order valence-electron chi connectivity index (χ1n) is 8.98. The average Bonchev–Trinajstić information content (AvgIpc) is 2.95. The molecule has 25 heavy (non-hydrogen) atoms. The van der Waals surface area contributed by atoms with Crippen LogP contribution in [0.2, 0.25) is 0 Å². The van der Waals surface area contributed by atoms with Gasteiger partial charge in [-0.2, -0.15) is 10.1 Å². The molecule has 2 N–H and O–H groups in total. The smallest absolute Gasteiger partial charge is 0.303 e. The van der Waals surface area contributed by atoms with Crippen LogP contribution in [0.4, 0.5) is 5.95 Å². The summed E-state index contributed by atoms with van der Waals surface area (Å²) in [6, 6.07) is 0. The molecule has 0 spiro atoms. The van der Waals surface area contributed by atoms with Crippen LogP contribution < -0.4 is 16.7 Å². The minimum absolute atomic E-state index is 0.370. The average molecular weight is 348 g/mol. The molecule has 0 fully saturated rings. The largest absolute Gasteiger partial charge is 0.329 e. The van der Waals surface area contributed by atoms with E-state index in [1.165, 1.54) is 4.57 Å². The molecule has 0 aliphatic rings. The van der Waals surface area contributed by atoms with E-state index in [1.807, 2.05) is 11.5 Å². The van der Waals surface area contributed by atoms with Gasteiger partial charge in [-0.05, 0) is 26.2 Å². The van der Waals surface area contributed by atoms with Crippen LogP contribution in [0.1, 0.15) is 59.3 Å². The van der Waals surface area contributed by atoms with E-state index >= 15 is 0 Å². The van der Waals surface area contributed by atoms with Gasteiger partial charge in [-0.3, -0.25) is 14.3 Å². The zero-order chi connectivity index (χ0) is 18.4. The van der Waals surface area contributed by atoms with Crippen molar-refractivity contribution in [3.63, 3.8) is 0 Å². The Balaban J connectivity index is 2.45. The lowest BCUT2D eigenvalue weighted by Crippen LogP contribution is -2.29. The normalized spacial score (nSPS) is 12.1. The predicted octanol–water partition coefficient (Wildman–Crippen LogP) is 2.59. The van der Waals surface area contributed by atoms with Gasteiger partial charge in [0.05, 0.1) is 0 Å². The summed E-state index contributed by atoms with van der Waals surface area (Å²) in [4.78, 5) is 30.9. The van der Waals surface area contributed by atoms with E-state index in [4.69, 9.17) is 0 Å². The number of anilines is 1. The van der Waals surface area contributed by atoms with E-state index < -0.39 is 11.2 Å². The molecule has 138 valence electrons. The second-order valence-corrected chi connectivity index (χ2v) is 6.35. The number of fused-ring (bicyclic) bond motifs is 1. The molecule has 8 heteroatoms. The number of unbranched alkanes of at least 4 members (excludes halogenated alkanes) is 3. The third-order valence-corrected chi connectivity index (χ3v) is 4.23. The maximum atomic E-state index is 12.3. The molecule has 0 bridgehead atoms. The summed E-state index contributed by atoms with van der Waals surface area (Å²) in [6.45, 7) is 6.89. The Hall–Kier alpha value is -2.38. The van der Waals surface area contributed by atoms with Gasteiger partial charge in [0.1, 0.15) is 0 Å². The predicted molar refractivity (Wildman–Crippen MR) is 101 cm³/mol. The van der Waals surface area contributed by atoms with E-state index in [2.05, 4.69) is 34.3 Å². The van der Waals surface area contributed by atoms with Gasteiger partial charge >= 0.3 is 5.69 Å². The highest BCUT2D eigenvalue weighted by Gasteiger charge is 2.16. The van der Waals surface area contributed by atoms with Crippen molar-refractivity contribution in [1.82, 2.24) is 19.1 Å². The number of H-pyrrole nitrogens is 1. The monoisotopic (exact) mass is 348 g/mol. The second kappa shape index (κ2) is 8.64. The summed E-state index contributed by atoms with van der Waals surface area (Å²) in [7, 11) is 1.60. The number of imidazole rings is 1. The fourth-order valence-electron chi connectivity index (χ4n) is 2.69. The highest BCUT2D eigenvalue weighted by molar-refractivity contribution is 5.82. The first-order valence-corrected chi connectivity index (χ1v) is 8.98. The lowest BCUT2D eigenvalue weighted by atomic mass is 10.2. The van der Waals surface area contributed by atoms with E-state index in [0.717, 1.165) is 44.2 Å². The van der Waals surface area contributed by atoms with Crippen molar-refractivity contribution in [1.29, 1.82) is 0 Å². The number of aromatic nitrogens is 4. The van der Waals surface area contributed by atoms with Gasteiger partial charge in [0.15, 0.2) is 11.2 Å². The summed E-state index contributed by atoms with van der Waals surface area (Å²) >= 11 is 0. The van der Waals surface area contributed by atoms with Crippen molar-refractivity contribution >= 4 is 22.8 Å². The standard InChI is InChI=1S/C17H28N6O2/c1-5-7-9-11-23-13-14(22(4)17(25)19-15(13)24)18-16(23)21-20-12(3)10-8-6-2/h5-11H2,1-4H3,(H,18,21)(H,19,24,25). The number of hydrazone groups is 1. The van der Waals surface area contributed by atoms with Crippen molar-refractivity contribution in [2.24, 2.45) is 12.1 Å². The number of nitrogens with one attached hydrogen (secondary N) is 2. The van der Waals surface area contributed by atoms with Crippen LogP contribution in [-0.2, 0) is 13.6 Å². The van der Waals surface area contributed by atoms with Gasteiger partial charge in [-0.1, -0.05) is 33.1 Å². The SMILES string of the molecule is CCCCCn1c(NN=C(C)CCCC)nc2c1c(=O)[nH]c(=O)n2C. The van der Waals surface area contributed by atoms with Crippen LogP contribution in [0.25, 0.3) is 11.2 Å². The molecule has 2 heterocycles. The fourth-order valence-corrected chi connectivity index (χ4v) is 2.69. The molecule has 2 aromatic rings. The van der Waals surface area contributed by atoms with Gasteiger partial charge in [-0.25, -0.2) is 10.2 Å². The summed E-state index contributed by atoms with van der Waals surface area (Å²) in [5.74, 6) is 0.494. The highest BCUT2D eigenvalue weighted by atomic mass is 16.2. The molecule has 2 aromatic heterocycles. The number of aromatic amines is 1. The molecule has 0 amide bonds. The van der Waals surface area contributed by atoms with Gasteiger partial charge < -0.3 is 4.57 Å². The number of aryl methyl sites for hydroxylation is 2. The van der Waals surface area contributed by atoms with E-state index in [0.29, 0.717) is 23.7 Å². The van der Waals surface area contributed by atoms with Crippen LogP contribution in [0.5, 0.6) is 0 Å². The van der Waals surface area contributed by atoms with Crippen molar-refractivity contribution in [2.75, 3.05) is 5.43 Å². The highest BCUT2D eigenvalue weighted by Crippen LogP contribution is 2.17. The van der Waals surface area contributed by atoms with E-state index in [9.17, 15) is 9.59 Å². The quantitative estimate of drug-likeness (QED) is 0.413. The lowest BCUT2D eigenvalue weighted by Gasteiger charge is -2.08. The lowest BCUT2D eigenvalue weighted by molar-refractivity contribution is 0.615. The zero-order valence-corrected chi connectivity index (χ0v) is 15.6. The van der Waals surface area contributed by atoms with Crippen molar-refractivity contribution in [3.05, 3.63) is 20.8 Å². The molecule has 0 aromatic carbocycles. The summed E-state index contributed by atoms with van der Waals surface area (Å²) in [6.07, 6.45) is 6.17. The van der Waals surface area contributed by atoms with Crippen LogP contribution in [-0.4, -0.2) is 24.8 Å². The Morgan fingerprint density at radius 1 is 1.20 bits per heavy atom. The van der Waals surface area contributed by atoms with Crippen molar-refractivity contribution in [2.45, 2.75) is 65.8 Å². The Kier molecular flexibility index (Phi) is 6.55. The van der Waals surface area contributed by atoms with Gasteiger partial charge in [0.25, 0.3) is 5.56 Å². The maximum absolute atomic E-state index is 12.3. The van der Waals surface area contributed by atoms with Crippen molar-refractivity contribution in [3.8, 4) is 0 Å². The Morgan fingerprint density at radius 2 is 1.92 bits per heavy atom. The molecule has 0 aliphatic carbocycles. The number of nitrogens with zero attached hydrogens (tertiary/aromatic N) is 4. The minimum atomic E-state index is -0.468. The molecule has 0 saturated heterocycles. The molecule has 8 nitrogen and oxygen atoms in total. The molecule has 0 saturated carbocycles. The molecule has 0 atom stereocenters. The van der Waals surface area contributed by atoms with Gasteiger partial charge in [0.2, 0.25) is 5.95 Å². The Labute approximate surface area is 147 Å². The summed E-state index contributed by atoms with van der Waals surface area (Å²) in [5, 5.41) is 4.38. The first-order chi connectivity index (χ1) is 12.0. The zero-order valence-electron chi connectivity index (χ0n) is 15.6. The minimum Gasteiger partial charge on any atom is -0.303 e. The topological polar surface area (TPSA) is 97.1 Å². The van der Waals surface area contributed by atoms with Crippen LogP contribution in [0.3, 0.4) is 0 Å². The second-order valence-electron chi connectivity index (χ2n) is 6.35. The Morgan fingerprint density at radius 3 is 2.60 bits per heavy atom. The first kappa shape index (κ1) is 19.0.